The van der Waals surface area contributed by atoms with Crippen LogP contribution < -0.4 is 0 Å². The van der Waals surface area contributed by atoms with E-state index in [1.54, 1.807) is 25.3 Å². The van der Waals surface area contributed by atoms with Crippen molar-refractivity contribution in [2.75, 3.05) is 6.61 Å². The first-order chi connectivity index (χ1) is 6.33. The fraction of sp³-hybridized carbons (Fsp3) is 0.444. The molecule has 0 saturated carbocycles. The molecule has 0 radical (unpaired) electrons. The van der Waals surface area contributed by atoms with Gasteiger partial charge in [0.05, 0.1) is 12.9 Å². The standard InChI is InChI=1S/C9H10O4/c1-2-11-9(10)8-7(13-8)6-4-3-5-12-6/h3-5,7-8H,2H2,1H3. The quantitative estimate of drug-likeness (QED) is 0.522. The first kappa shape index (κ1) is 8.31. The molecule has 0 amide bonds. The molecule has 4 nitrogen and oxygen atoms in total. The first-order valence-corrected chi connectivity index (χ1v) is 4.18. The van der Waals surface area contributed by atoms with Crippen molar-refractivity contribution in [2.24, 2.45) is 0 Å². The highest BCUT2D eigenvalue weighted by atomic mass is 16.6. The van der Waals surface area contributed by atoms with Crippen LogP contribution in [0.2, 0.25) is 0 Å². The zero-order valence-electron chi connectivity index (χ0n) is 7.23. The van der Waals surface area contributed by atoms with Crippen molar-refractivity contribution >= 4 is 5.97 Å². The van der Waals surface area contributed by atoms with Gasteiger partial charge in [-0.25, -0.2) is 4.79 Å². The first-order valence-electron chi connectivity index (χ1n) is 4.18. The minimum atomic E-state index is -0.467. The fourth-order valence-corrected chi connectivity index (χ4v) is 1.19. The Balaban J connectivity index is 1.92. The molecule has 2 atom stereocenters. The van der Waals surface area contributed by atoms with Gasteiger partial charge in [0.15, 0.2) is 12.2 Å². The van der Waals surface area contributed by atoms with E-state index < -0.39 is 6.10 Å². The van der Waals surface area contributed by atoms with Gasteiger partial charge < -0.3 is 13.9 Å². The number of hydrogen-bond acceptors (Lipinski definition) is 4. The molecular weight excluding hydrogens is 172 g/mol. The second-order valence-electron chi connectivity index (χ2n) is 2.74. The Morgan fingerprint density at radius 2 is 2.54 bits per heavy atom. The van der Waals surface area contributed by atoms with E-state index in [9.17, 15) is 4.79 Å². The molecule has 0 aliphatic carbocycles. The number of ether oxygens (including phenoxy) is 2. The summed E-state index contributed by atoms with van der Waals surface area (Å²) in [5.74, 6) is 0.363. The number of carbonyl (C=O) groups is 1. The van der Waals surface area contributed by atoms with Crippen molar-refractivity contribution in [3.63, 3.8) is 0 Å². The van der Waals surface area contributed by atoms with Crippen LogP contribution in [-0.2, 0) is 14.3 Å². The molecule has 1 saturated heterocycles. The van der Waals surface area contributed by atoms with Crippen molar-refractivity contribution in [2.45, 2.75) is 19.1 Å². The summed E-state index contributed by atoms with van der Waals surface area (Å²) in [7, 11) is 0. The maximum absolute atomic E-state index is 11.1. The molecule has 70 valence electrons. The Kier molecular flexibility index (Phi) is 2.06. The summed E-state index contributed by atoms with van der Waals surface area (Å²) >= 11 is 0. The number of carbonyl (C=O) groups excluding carboxylic acids is 1. The Morgan fingerprint density at radius 3 is 3.15 bits per heavy atom. The van der Waals surface area contributed by atoms with E-state index in [0.29, 0.717) is 12.4 Å². The van der Waals surface area contributed by atoms with Crippen LogP contribution in [0.4, 0.5) is 0 Å². The number of epoxide rings is 1. The topological polar surface area (TPSA) is 52.0 Å². The summed E-state index contributed by atoms with van der Waals surface area (Å²) in [6, 6.07) is 3.54. The van der Waals surface area contributed by atoms with Gasteiger partial charge in [-0.05, 0) is 19.1 Å². The predicted molar refractivity (Wildman–Crippen MR) is 43.0 cm³/mol. The third kappa shape index (κ3) is 1.58. The lowest BCUT2D eigenvalue weighted by Crippen LogP contribution is -2.11. The van der Waals surface area contributed by atoms with E-state index in [0.717, 1.165) is 0 Å². The second kappa shape index (κ2) is 3.22. The lowest BCUT2D eigenvalue weighted by atomic mass is 10.2. The van der Waals surface area contributed by atoms with Crippen LogP contribution in [0.25, 0.3) is 0 Å². The third-order valence-electron chi connectivity index (χ3n) is 1.83. The van der Waals surface area contributed by atoms with E-state index in [1.807, 2.05) is 0 Å². The number of furan rings is 1. The van der Waals surface area contributed by atoms with Gasteiger partial charge in [0.25, 0.3) is 0 Å². The van der Waals surface area contributed by atoms with Gasteiger partial charge in [-0.1, -0.05) is 0 Å². The normalized spacial score (nSPS) is 25.6. The highest BCUT2D eigenvalue weighted by Gasteiger charge is 2.49. The van der Waals surface area contributed by atoms with Crippen LogP contribution in [0.3, 0.4) is 0 Å². The van der Waals surface area contributed by atoms with Crippen LogP contribution >= 0.6 is 0 Å². The molecule has 4 heteroatoms. The number of esters is 1. The molecule has 1 aliphatic heterocycles. The van der Waals surface area contributed by atoms with Crippen LogP contribution in [0.15, 0.2) is 22.8 Å². The van der Waals surface area contributed by atoms with E-state index >= 15 is 0 Å². The molecule has 1 aromatic heterocycles. The average Bonchev–Trinajstić information content (AvgIpc) is 2.74. The minimum Gasteiger partial charge on any atom is -0.466 e. The molecular formula is C9H10O4. The van der Waals surface area contributed by atoms with E-state index in [2.05, 4.69) is 0 Å². The monoisotopic (exact) mass is 182 g/mol. The largest absolute Gasteiger partial charge is 0.466 e. The van der Waals surface area contributed by atoms with Crippen LogP contribution in [-0.4, -0.2) is 18.7 Å². The van der Waals surface area contributed by atoms with Gasteiger partial charge in [0.2, 0.25) is 0 Å². The second-order valence-corrected chi connectivity index (χ2v) is 2.74. The van der Waals surface area contributed by atoms with Gasteiger partial charge in [-0.3, -0.25) is 0 Å². The molecule has 0 aromatic carbocycles. The SMILES string of the molecule is CCOC(=O)C1OC1c1ccco1. The maximum atomic E-state index is 11.1. The number of rotatable bonds is 3. The lowest BCUT2D eigenvalue weighted by Gasteiger charge is -1.95. The van der Waals surface area contributed by atoms with Crippen molar-refractivity contribution in [3.05, 3.63) is 24.2 Å². The lowest BCUT2D eigenvalue weighted by molar-refractivity contribution is -0.144. The van der Waals surface area contributed by atoms with E-state index in [1.165, 1.54) is 0 Å². The highest BCUT2D eigenvalue weighted by Crippen LogP contribution is 2.39. The molecule has 0 N–H and O–H groups in total. The van der Waals surface area contributed by atoms with Crippen molar-refractivity contribution < 1.29 is 18.7 Å². The summed E-state index contributed by atoms with van der Waals surface area (Å²) in [5, 5.41) is 0. The molecule has 2 unspecified atom stereocenters. The Morgan fingerprint density at radius 1 is 1.69 bits per heavy atom. The van der Waals surface area contributed by atoms with Crippen molar-refractivity contribution in [1.29, 1.82) is 0 Å². The molecule has 0 bridgehead atoms. The zero-order chi connectivity index (χ0) is 9.26. The average molecular weight is 182 g/mol. The van der Waals surface area contributed by atoms with Crippen molar-refractivity contribution in [3.8, 4) is 0 Å². The van der Waals surface area contributed by atoms with Gasteiger partial charge in [-0.15, -0.1) is 0 Å². The van der Waals surface area contributed by atoms with Crippen LogP contribution in [0.1, 0.15) is 18.8 Å². The van der Waals surface area contributed by atoms with E-state index in [-0.39, 0.29) is 12.1 Å². The van der Waals surface area contributed by atoms with Crippen LogP contribution in [0.5, 0.6) is 0 Å². The zero-order valence-corrected chi connectivity index (χ0v) is 7.23. The van der Waals surface area contributed by atoms with Gasteiger partial charge >= 0.3 is 5.97 Å². The fourth-order valence-electron chi connectivity index (χ4n) is 1.19. The van der Waals surface area contributed by atoms with Crippen LogP contribution in [0, 0.1) is 0 Å². The molecule has 0 spiro atoms. The smallest absolute Gasteiger partial charge is 0.338 e. The Hall–Kier alpha value is -1.29. The summed E-state index contributed by atoms with van der Waals surface area (Å²) in [4.78, 5) is 11.1. The summed E-state index contributed by atoms with van der Waals surface area (Å²) in [6.07, 6.45) is 0.847. The minimum absolute atomic E-state index is 0.242. The molecule has 1 aliphatic rings. The summed E-state index contributed by atoms with van der Waals surface area (Å²) in [6.45, 7) is 2.14. The molecule has 2 heterocycles. The maximum Gasteiger partial charge on any atom is 0.338 e. The van der Waals surface area contributed by atoms with Gasteiger partial charge in [-0.2, -0.15) is 0 Å². The third-order valence-corrected chi connectivity index (χ3v) is 1.83. The summed E-state index contributed by atoms with van der Waals surface area (Å²) in [5.41, 5.74) is 0. The number of hydrogen-bond donors (Lipinski definition) is 0. The summed E-state index contributed by atoms with van der Waals surface area (Å²) < 4.78 is 15.0. The molecule has 2 rings (SSSR count). The predicted octanol–water partition coefficient (Wildman–Crippen LogP) is 1.28. The Labute approximate surface area is 75.4 Å². The van der Waals surface area contributed by atoms with Crippen molar-refractivity contribution in [1.82, 2.24) is 0 Å². The van der Waals surface area contributed by atoms with Gasteiger partial charge in [0.1, 0.15) is 5.76 Å². The molecule has 1 fully saturated rings. The highest BCUT2D eigenvalue weighted by molar-refractivity contribution is 5.78. The van der Waals surface area contributed by atoms with E-state index in [4.69, 9.17) is 13.9 Å². The van der Waals surface area contributed by atoms with Gasteiger partial charge in [0, 0.05) is 0 Å². The Bertz CT molecular complexity index is 291. The molecule has 13 heavy (non-hydrogen) atoms. The molecule has 1 aromatic rings.